The molecular weight excluding hydrogens is 761 g/mol. The zero-order chi connectivity index (χ0) is 41.0. The lowest BCUT2D eigenvalue weighted by Crippen LogP contribution is -2.00. The first-order chi connectivity index (χ1) is 30.7. The molecule has 8 aromatic heterocycles. The van der Waals surface area contributed by atoms with Crippen LogP contribution in [0.2, 0.25) is 0 Å². The minimum Gasteiger partial charge on any atom is -0.294 e. The van der Waals surface area contributed by atoms with Crippen LogP contribution in [0.4, 0.5) is 0 Å². The summed E-state index contributed by atoms with van der Waals surface area (Å²) >= 11 is 0. The zero-order valence-electron chi connectivity index (χ0n) is 33.2. The normalized spacial score (nSPS) is 11.5. The molecule has 0 amide bonds. The van der Waals surface area contributed by atoms with Gasteiger partial charge in [-0.05, 0) is 97.1 Å². The number of nitrogens with zero attached hydrogens (tertiary/aromatic N) is 8. The van der Waals surface area contributed by atoms with E-state index in [4.69, 9.17) is 29.9 Å². The Morgan fingerprint density at radius 2 is 0.403 bits per heavy atom. The van der Waals surface area contributed by atoms with Crippen molar-refractivity contribution in [1.29, 1.82) is 0 Å². The van der Waals surface area contributed by atoms with Crippen LogP contribution in [0.15, 0.2) is 206 Å². The third-order valence-electron chi connectivity index (χ3n) is 11.4. The van der Waals surface area contributed by atoms with Gasteiger partial charge in [-0.25, -0.2) is 29.9 Å². The Balaban J connectivity index is 0.850. The smallest absolute Gasteiger partial charge is 0.138 e. The minimum atomic E-state index is 0.736. The molecule has 12 aromatic rings. The summed E-state index contributed by atoms with van der Waals surface area (Å²) in [6, 6.07) is 69.9. The van der Waals surface area contributed by atoms with Crippen molar-refractivity contribution in [1.82, 2.24) is 39.0 Å². The second-order valence-electron chi connectivity index (χ2n) is 15.1. The fourth-order valence-corrected chi connectivity index (χ4v) is 8.60. The molecule has 0 unspecified atom stereocenters. The number of fused-ring (bicyclic) bond motifs is 6. The summed E-state index contributed by atoms with van der Waals surface area (Å²) in [5.74, 6) is 1.67. The molecule has 0 spiro atoms. The fourth-order valence-electron chi connectivity index (χ4n) is 8.60. The molecule has 0 radical (unpaired) electrons. The Labute approximate surface area is 356 Å². The average Bonchev–Trinajstić information content (AvgIpc) is 3.87. The molecule has 290 valence electrons. The van der Waals surface area contributed by atoms with Crippen LogP contribution in [-0.4, -0.2) is 39.0 Å². The van der Waals surface area contributed by atoms with Gasteiger partial charge in [0.1, 0.15) is 11.6 Å². The van der Waals surface area contributed by atoms with E-state index in [1.54, 1.807) is 0 Å². The van der Waals surface area contributed by atoms with Gasteiger partial charge in [0.15, 0.2) is 0 Å². The van der Waals surface area contributed by atoms with Crippen molar-refractivity contribution in [2.75, 3.05) is 0 Å². The van der Waals surface area contributed by atoms with Gasteiger partial charge in [0.05, 0.1) is 79.0 Å². The number of rotatable bonds is 7. The van der Waals surface area contributed by atoms with Gasteiger partial charge in [0, 0.05) is 21.5 Å². The number of pyridine rings is 6. The number of aromatic nitrogens is 8. The molecule has 0 bridgehead atoms. The van der Waals surface area contributed by atoms with Crippen LogP contribution in [0.3, 0.4) is 0 Å². The molecule has 8 heteroatoms. The third-order valence-corrected chi connectivity index (χ3v) is 11.4. The Morgan fingerprint density at radius 3 is 0.661 bits per heavy atom. The summed E-state index contributed by atoms with van der Waals surface area (Å²) in [6.07, 6.45) is 0. The Kier molecular flexibility index (Phi) is 8.31. The van der Waals surface area contributed by atoms with Crippen LogP contribution in [0.5, 0.6) is 0 Å². The van der Waals surface area contributed by atoms with Gasteiger partial charge < -0.3 is 0 Å². The molecule has 8 nitrogen and oxygen atoms in total. The predicted octanol–water partition coefficient (Wildman–Crippen LogP) is 12.6. The van der Waals surface area contributed by atoms with Crippen molar-refractivity contribution in [3.05, 3.63) is 206 Å². The van der Waals surface area contributed by atoms with Crippen LogP contribution >= 0.6 is 0 Å². The summed E-state index contributed by atoms with van der Waals surface area (Å²) in [6.45, 7) is 0. The van der Waals surface area contributed by atoms with Gasteiger partial charge in [-0.2, -0.15) is 0 Å². The summed E-state index contributed by atoms with van der Waals surface area (Å²) in [5.41, 5.74) is 12.0. The van der Waals surface area contributed by atoms with E-state index < -0.39 is 0 Å². The molecule has 0 aliphatic rings. The lowest BCUT2D eigenvalue weighted by atomic mass is 10.1. The summed E-state index contributed by atoms with van der Waals surface area (Å²) < 4.78 is 4.44. The van der Waals surface area contributed by atoms with Gasteiger partial charge in [-0.3, -0.25) is 9.13 Å². The van der Waals surface area contributed by atoms with Crippen LogP contribution < -0.4 is 0 Å². The number of benzene rings is 4. The first kappa shape index (κ1) is 35.3. The van der Waals surface area contributed by atoms with Crippen LogP contribution in [-0.2, 0) is 0 Å². The largest absolute Gasteiger partial charge is 0.294 e. The van der Waals surface area contributed by atoms with Crippen molar-refractivity contribution < 1.29 is 0 Å². The van der Waals surface area contributed by atoms with Crippen LogP contribution in [0, 0.1) is 0 Å². The summed E-state index contributed by atoms with van der Waals surface area (Å²) in [7, 11) is 0. The van der Waals surface area contributed by atoms with Crippen molar-refractivity contribution in [3.63, 3.8) is 0 Å². The van der Waals surface area contributed by atoms with E-state index in [0.29, 0.717) is 0 Å². The molecule has 0 saturated carbocycles. The molecule has 0 aliphatic heterocycles. The number of hydrogen-bond donors (Lipinski definition) is 0. The van der Waals surface area contributed by atoms with Crippen molar-refractivity contribution in [3.8, 4) is 68.6 Å². The molecule has 8 heterocycles. The standard InChI is InChI=1S/C54H34N8/c1-5-29-49-35(15-1)36-16-2-6-30-50(36)61(49)53-33-13-27-47(59-53)45-25-11-23-43(57-45)41-21-9-19-39(55-41)40-20-10-22-42(56-40)44-24-12-26-46(58-44)48-28-14-34-54(60-48)62-51-31-7-3-17-37(51)38-18-4-8-32-52(38)62/h1-34H. The Morgan fingerprint density at radius 1 is 0.194 bits per heavy atom. The van der Waals surface area contributed by atoms with Crippen LogP contribution in [0.25, 0.3) is 112 Å². The van der Waals surface area contributed by atoms with Gasteiger partial charge in [0.2, 0.25) is 0 Å². The van der Waals surface area contributed by atoms with Crippen molar-refractivity contribution in [2.45, 2.75) is 0 Å². The van der Waals surface area contributed by atoms with Crippen molar-refractivity contribution >= 4 is 43.6 Å². The highest BCUT2D eigenvalue weighted by Gasteiger charge is 2.16. The van der Waals surface area contributed by atoms with E-state index in [2.05, 4.69) is 106 Å². The van der Waals surface area contributed by atoms with E-state index in [1.165, 1.54) is 21.5 Å². The second kappa shape index (κ2) is 14.6. The molecular formula is C54H34N8. The monoisotopic (exact) mass is 794 g/mol. The first-order valence-electron chi connectivity index (χ1n) is 20.5. The first-order valence-corrected chi connectivity index (χ1v) is 20.5. The fraction of sp³-hybridized carbons (Fsp3) is 0. The molecule has 12 rings (SSSR count). The topological polar surface area (TPSA) is 87.2 Å². The second-order valence-corrected chi connectivity index (χ2v) is 15.1. The summed E-state index contributed by atoms with van der Waals surface area (Å²) in [5, 5.41) is 4.78. The predicted molar refractivity (Wildman–Crippen MR) is 249 cm³/mol. The van der Waals surface area contributed by atoms with E-state index in [9.17, 15) is 0 Å². The highest BCUT2D eigenvalue weighted by atomic mass is 15.1. The Bertz CT molecular complexity index is 3330. The molecule has 62 heavy (non-hydrogen) atoms. The molecule has 0 fully saturated rings. The molecule has 0 saturated heterocycles. The Hall–Kier alpha value is -8.62. The maximum atomic E-state index is 5.15. The average molecular weight is 795 g/mol. The number of hydrogen-bond acceptors (Lipinski definition) is 6. The van der Waals surface area contributed by atoms with Gasteiger partial charge >= 0.3 is 0 Å². The van der Waals surface area contributed by atoms with E-state index in [1.807, 2.05) is 109 Å². The van der Waals surface area contributed by atoms with E-state index in [-0.39, 0.29) is 0 Å². The third kappa shape index (κ3) is 6.00. The lowest BCUT2D eigenvalue weighted by Gasteiger charge is -2.10. The van der Waals surface area contributed by atoms with E-state index >= 15 is 0 Å². The zero-order valence-corrected chi connectivity index (χ0v) is 33.2. The van der Waals surface area contributed by atoms with Gasteiger partial charge in [-0.1, -0.05) is 109 Å². The summed E-state index contributed by atoms with van der Waals surface area (Å²) in [4.78, 5) is 30.6. The van der Waals surface area contributed by atoms with Gasteiger partial charge in [-0.15, -0.1) is 0 Å². The maximum absolute atomic E-state index is 5.15. The van der Waals surface area contributed by atoms with Crippen LogP contribution in [0.1, 0.15) is 0 Å². The molecule has 0 aliphatic carbocycles. The highest BCUT2D eigenvalue weighted by Crippen LogP contribution is 2.34. The quantitative estimate of drug-likeness (QED) is 0.160. The van der Waals surface area contributed by atoms with E-state index in [0.717, 1.165) is 90.6 Å². The lowest BCUT2D eigenvalue weighted by molar-refractivity contribution is 1.08. The molecule has 4 aromatic carbocycles. The van der Waals surface area contributed by atoms with Gasteiger partial charge in [0.25, 0.3) is 0 Å². The van der Waals surface area contributed by atoms with Crippen molar-refractivity contribution in [2.24, 2.45) is 0 Å². The SMILES string of the molecule is c1cc(-c2cccc(-c3cccc(-c4cccc(-n5c6ccccc6c6ccccc65)n4)n3)n2)nc(-c2cccc(-c3cccc(-n4c5ccccc5c5ccccc54)n3)n2)c1. The molecule has 0 N–H and O–H groups in total. The highest BCUT2D eigenvalue weighted by molar-refractivity contribution is 6.10. The molecule has 0 atom stereocenters. The minimum absolute atomic E-state index is 0.736. The maximum Gasteiger partial charge on any atom is 0.138 e. The number of para-hydroxylation sites is 4.